The molecule has 29 heavy (non-hydrogen) atoms. The molecule has 0 radical (unpaired) electrons. The maximum absolute atomic E-state index is 12.8. The number of thioether (sulfide) groups is 2. The zero-order valence-electron chi connectivity index (χ0n) is 18.4. The largest absolute Gasteiger partial charge is 0.463 e. The predicted octanol–water partition coefficient (Wildman–Crippen LogP) is 1.93. The maximum atomic E-state index is 12.8. The normalized spacial score (nSPS) is 21.8. The lowest BCUT2D eigenvalue weighted by Crippen LogP contribution is -2.51. The van der Waals surface area contributed by atoms with E-state index in [4.69, 9.17) is 9.47 Å². The highest BCUT2D eigenvalue weighted by molar-refractivity contribution is 8.01. The molecule has 0 spiro atoms. The summed E-state index contributed by atoms with van der Waals surface area (Å²) in [5.74, 6) is -0.525. The van der Waals surface area contributed by atoms with E-state index in [0.29, 0.717) is 5.75 Å². The van der Waals surface area contributed by atoms with E-state index in [1.807, 2.05) is 0 Å². The van der Waals surface area contributed by atoms with Gasteiger partial charge in [0, 0.05) is 30.3 Å². The second-order valence-electron chi connectivity index (χ2n) is 6.72. The Bertz CT molecular complexity index is 541. The molecule has 1 aliphatic rings. The van der Waals surface area contributed by atoms with Gasteiger partial charge in [-0.15, -0.1) is 11.8 Å². The van der Waals surface area contributed by atoms with Crippen molar-refractivity contribution in [3.8, 4) is 0 Å². The number of Topliss-reactive ketones (excluding diaryl/α,β-unsaturated/α-hetero) is 1. The van der Waals surface area contributed by atoms with Crippen molar-refractivity contribution in [3.05, 3.63) is 0 Å². The third-order valence-electron chi connectivity index (χ3n) is 5.11. The summed E-state index contributed by atoms with van der Waals surface area (Å²) >= 11 is 2.85. The number of hydrogen-bond acceptors (Lipinski definition) is 9. The Kier molecular flexibility index (Phi) is 12.2. The molecule has 0 aliphatic carbocycles. The number of cyclic esters (lactones) is 1. The van der Waals surface area contributed by atoms with Crippen molar-refractivity contribution in [2.45, 2.75) is 45.5 Å². The van der Waals surface area contributed by atoms with Gasteiger partial charge in [-0.25, -0.2) is 9.59 Å². The van der Waals surface area contributed by atoms with Gasteiger partial charge in [0.05, 0.1) is 6.61 Å². The van der Waals surface area contributed by atoms with Crippen molar-refractivity contribution >= 4 is 41.2 Å². The van der Waals surface area contributed by atoms with Gasteiger partial charge in [0.2, 0.25) is 5.60 Å². The van der Waals surface area contributed by atoms with Crippen LogP contribution in [0.4, 0.5) is 0 Å². The van der Waals surface area contributed by atoms with Crippen LogP contribution in [-0.2, 0) is 23.9 Å². The quantitative estimate of drug-likeness (QED) is 0.212. The minimum Gasteiger partial charge on any atom is -0.463 e. The summed E-state index contributed by atoms with van der Waals surface area (Å²) in [4.78, 5) is 42.0. The lowest BCUT2D eigenvalue weighted by atomic mass is 10.0. The van der Waals surface area contributed by atoms with Crippen molar-refractivity contribution in [2.75, 3.05) is 63.1 Å². The van der Waals surface area contributed by atoms with E-state index in [0.717, 1.165) is 45.0 Å². The first-order valence-electron chi connectivity index (χ1n) is 10.5. The molecule has 1 saturated heterocycles. The van der Waals surface area contributed by atoms with Crippen LogP contribution in [0.2, 0.25) is 0 Å². The van der Waals surface area contributed by atoms with Crippen LogP contribution < -0.4 is 0 Å². The van der Waals surface area contributed by atoms with Crippen LogP contribution in [0.25, 0.3) is 0 Å². The molecule has 0 N–H and O–H groups in total. The Labute approximate surface area is 183 Å². The number of carbonyl (C=O) groups is 3. The zero-order chi connectivity index (χ0) is 21.9. The molecule has 9 heteroatoms. The Morgan fingerprint density at radius 2 is 1.55 bits per heavy atom. The maximum Gasteiger partial charge on any atom is 0.377 e. The molecule has 0 aromatic carbocycles. The fraction of sp³-hybridized carbons (Fsp3) is 0.850. The summed E-state index contributed by atoms with van der Waals surface area (Å²) in [5.41, 5.74) is -1.54. The highest BCUT2D eigenvalue weighted by Crippen LogP contribution is 2.38. The summed E-state index contributed by atoms with van der Waals surface area (Å²) in [6.45, 7) is 15.6. The summed E-state index contributed by atoms with van der Waals surface area (Å²) in [7, 11) is 0. The molecule has 0 saturated carbocycles. The van der Waals surface area contributed by atoms with Crippen LogP contribution in [0.3, 0.4) is 0 Å². The van der Waals surface area contributed by atoms with E-state index < -0.39 is 28.6 Å². The van der Waals surface area contributed by atoms with Gasteiger partial charge in [-0.3, -0.25) is 4.79 Å². The van der Waals surface area contributed by atoms with Gasteiger partial charge >= 0.3 is 11.9 Å². The van der Waals surface area contributed by atoms with Crippen molar-refractivity contribution in [1.82, 2.24) is 9.80 Å². The van der Waals surface area contributed by atoms with E-state index in [1.165, 1.54) is 23.5 Å². The third kappa shape index (κ3) is 7.15. The Hall–Kier alpha value is -0.770. The van der Waals surface area contributed by atoms with E-state index in [-0.39, 0.29) is 12.4 Å². The zero-order valence-corrected chi connectivity index (χ0v) is 20.0. The standard InChI is InChI=1S/C20H36N2O5S2/c1-6-21(7-2)11-13-28-15-20(19(25)26-10-5)17(16(23)18(24)27-20)29-14-12-22(8-3)9-4/h17H,6-15H2,1-5H3. The minimum atomic E-state index is -1.54. The molecule has 1 fully saturated rings. The van der Waals surface area contributed by atoms with Crippen molar-refractivity contribution in [1.29, 1.82) is 0 Å². The molecule has 1 heterocycles. The minimum absolute atomic E-state index is 0.174. The smallest absolute Gasteiger partial charge is 0.377 e. The molecule has 168 valence electrons. The number of ether oxygens (including phenoxy) is 2. The summed E-state index contributed by atoms with van der Waals surface area (Å²) in [6.07, 6.45) is 0. The average Bonchev–Trinajstić information content (AvgIpc) is 2.96. The molecule has 1 aliphatic heterocycles. The average molecular weight is 449 g/mol. The van der Waals surface area contributed by atoms with Crippen molar-refractivity contribution in [2.24, 2.45) is 0 Å². The van der Waals surface area contributed by atoms with E-state index in [1.54, 1.807) is 6.92 Å². The Balaban J connectivity index is 2.89. The predicted molar refractivity (Wildman–Crippen MR) is 120 cm³/mol. The van der Waals surface area contributed by atoms with Crippen molar-refractivity contribution < 1.29 is 23.9 Å². The first-order chi connectivity index (χ1) is 13.9. The summed E-state index contributed by atoms with van der Waals surface area (Å²) in [6, 6.07) is 0. The fourth-order valence-electron chi connectivity index (χ4n) is 3.16. The number of carbonyl (C=O) groups excluding carboxylic acids is 3. The van der Waals surface area contributed by atoms with Gasteiger partial charge < -0.3 is 19.3 Å². The second kappa shape index (κ2) is 13.5. The first kappa shape index (κ1) is 26.3. The molecule has 7 nitrogen and oxygen atoms in total. The van der Waals surface area contributed by atoms with Gasteiger partial charge in [-0.1, -0.05) is 27.7 Å². The highest BCUT2D eigenvalue weighted by Gasteiger charge is 2.61. The second-order valence-corrected chi connectivity index (χ2v) is 9.04. The molecule has 1 rings (SSSR count). The van der Waals surface area contributed by atoms with Crippen LogP contribution in [-0.4, -0.2) is 102 Å². The summed E-state index contributed by atoms with van der Waals surface area (Å²) < 4.78 is 10.7. The molecule has 2 unspecified atom stereocenters. The number of hydrogen-bond donors (Lipinski definition) is 0. The molecule has 2 atom stereocenters. The monoisotopic (exact) mass is 448 g/mol. The fourth-order valence-corrected chi connectivity index (χ4v) is 5.79. The summed E-state index contributed by atoms with van der Waals surface area (Å²) in [5, 5.41) is -0.856. The van der Waals surface area contributed by atoms with Gasteiger partial charge in [-0.05, 0) is 33.1 Å². The number of rotatable bonds is 15. The molecule has 0 aromatic heterocycles. The van der Waals surface area contributed by atoms with E-state index in [2.05, 4.69) is 37.5 Å². The van der Waals surface area contributed by atoms with Gasteiger partial charge in [-0.2, -0.15) is 11.8 Å². The van der Waals surface area contributed by atoms with E-state index >= 15 is 0 Å². The SMILES string of the molecule is CCOC(=O)C1(CSCCN(CC)CC)OC(=O)C(=O)C1SCCN(CC)CC. The van der Waals surface area contributed by atoms with Crippen LogP contribution in [0, 0.1) is 0 Å². The molecule has 0 bridgehead atoms. The van der Waals surface area contributed by atoms with Gasteiger partial charge in [0.25, 0.3) is 5.78 Å². The highest BCUT2D eigenvalue weighted by atomic mass is 32.2. The lowest BCUT2D eigenvalue weighted by Gasteiger charge is -2.30. The Morgan fingerprint density at radius 3 is 2.07 bits per heavy atom. The van der Waals surface area contributed by atoms with Crippen molar-refractivity contribution in [3.63, 3.8) is 0 Å². The third-order valence-corrected chi connectivity index (χ3v) is 7.56. The number of esters is 2. The van der Waals surface area contributed by atoms with Crippen LogP contribution in [0.5, 0.6) is 0 Å². The molecular weight excluding hydrogens is 412 g/mol. The Morgan fingerprint density at radius 1 is 1.00 bits per heavy atom. The number of ketones is 1. The van der Waals surface area contributed by atoms with Crippen LogP contribution in [0.1, 0.15) is 34.6 Å². The topological polar surface area (TPSA) is 76.1 Å². The molecule has 0 aromatic rings. The first-order valence-corrected chi connectivity index (χ1v) is 12.7. The molecular formula is C20H36N2O5S2. The van der Waals surface area contributed by atoms with Crippen LogP contribution >= 0.6 is 23.5 Å². The number of nitrogens with zero attached hydrogens (tertiary/aromatic N) is 2. The van der Waals surface area contributed by atoms with Gasteiger partial charge in [0.1, 0.15) is 5.25 Å². The lowest BCUT2D eigenvalue weighted by molar-refractivity contribution is -0.171. The van der Waals surface area contributed by atoms with Gasteiger partial charge in [0.15, 0.2) is 0 Å². The molecule has 0 amide bonds. The van der Waals surface area contributed by atoms with E-state index in [9.17, 15) is 14.4 Å². The van der Waals surface area contributed by atoms with Crippen LogP contribution in [0.15, 0.2) is 0 Å².